The van der Waals surface area contributed by atoms with Gasteiger partial charge in [0.05, 0.1) is 28.4 Å². The van der Waals surface area contributed by atoms with E-state index in [9.17, 15) is 4.79 Å². The first-order valence-corrected chi connectivity index (χ1v) is 10.7. The zero-order valence-corrected chi connectivity index (χ0v) is 18.1. The Kier molecular flexibility index (Phi) is 8.30. The molecule has 0 aliphatic carbocycles. The Hall–Kier alpha value is -1.66. The van der Waals surface area contributed by atoms with Gasteiger partial charge in [0.25, 0.3) is 0 Å². The number of methoxy groups -OCH3 is 1. The fraction of sp³-hybridized carbons (Fsp3) is 0.455. The molecule has 1 saturated heterocycles. The van der Waals surface area contributed by atoms with Gasteiger partial charge in [0, 0.05) is 26.3 Å². The van der Waals surface area contributed by atoms with E-state index in [0.29, 0.717) is 29.0 Å². The highest BCUT2D eigenvalue weighted by Gasteiger charge is 2.29. The van der Waals surface area contributed by atoms with Gasteiger partial charge in [-0.2, -0.15) is 0 Å². The molecule has 1 fully saturated rings. The van der Waals surface area contributed by atoms with E-state index < -0.39 is 0 Å². The molecule has 0 unspecified atom stereocenters. The maximum Gasteiger partial charge on any atom is 0.222 e. The quantitative estimate of drug-likeness (QED) is 0.663. The summed E-state index contributed by atoms with van der Waals surface area (Å²) in [5.41, 5.74) is 1.96. The van der Waals surface area contributed by atoms with Crippen LogP contribution >= 0.6 is 23.2 Å². The van der Waals surface area contributed by atoms with Crippen molar-refractivity contribution in [1.82, 2.24) is 15.2 Å². The summed E-state index contributed by atoms with van der Waals surface area (Å²) in [4.78, 5) is 19.2. The number of carbonyl (C=O) groups is 1. The molecule has 7 heteroatoms. The molecule has 1 amide bonds. The second kappa shape index (κ2) is 10.9. The Morgan fingerprint density at radius 2 is 2.03 bits per heavy atom. The first-order valence-electron chi connectivity index (χ1n) is 9.93. The van der Waals surface area contributed by atoms with Crippen LogP contribution in [0.3, 0.4) is 0 Å². The zero-order chi connectivity index (χ0) is 20.6. The van der Waals surface area contributed by atoms with E-state index >= 15 is 0 Å². The van der Waals surface area contributed by atoms with Gasteiger partial charge in [-0.3, -0.25) is 14.7 Å². The Bertz CT molecular complexity index is 796. The number of carbonyl (C=O) groups excluding carboxylic acids is 1. The topological polar surface area (TPSA) is 54.5 Å². The predicted molar refractivity (Wildman–Crippen MR) is 116 cm³/mol. The molecule has 5 nitrogen and oxygen atoms in total. The fourth-order valence-corrected chi connectivity index (χ4v) is 4.17. The monoisotopic (exact) mass is 435 g/mol. The largest absolute Gasteiger partial charge is 0.384 e. The van der Waals surface area contributed by atoms with Gasteiger partial charge >= 0.3 is 0 Å². The van der Waals surface area contributed by atoms with E-state index in [0.717, 1.165) is 43.7 Å². The number of hydrogen-bond donors (Lipinski definition) is 1. The second-order valence-electron chi connectivity index (χ2n) is 7.37. The van der Waals surface area contributed by atoms with Gasteiger partial charge in [-0.15, -0.1) is 0 Å². The summed E-state index contributed by atoms with van der Waals surface area (Å²) >= 11 is 12.5. The van der Waals surface area contributed by atoms with Gasteiger partial charge < -0.3 is 10.1 Å². The molecule has 0 spiro atoms. The number of amides is 1. The minimum absolute atomic E-state index is 0.00404. The normalized spacial score (nSPS) is 16.5. The zero-order valence-electron chi connectivity index (χ0n) is 16.6. The van der Waals surface area contributed by atoms with Crippen LogP contribution < -0.4 is 5.32 Å². The van der Waals surface area contributed by atoms with E-state index in [1.54, 1.807) is 13.3 Å². The molecule has 3 rings (SSSR count). The van der Waals surface area contributed by atoms with E-state index in [4.69, 9.17) is 27.9 Å². The number of aromatic nitrogens is 1. The van der Waals surface area contributed by atoms with Crippen molar-refractivity contribution in [3.05, 3.63) is 63.9 Å². The van der Waals surface area contributed by atoms with Crippen molar-refractivity contribution in [3.8, 4) is 0 Å². The molecular formula is C22H27Cl2N3O2. The molecule has 0 saturated carbocycles. The minimum atomic E-state index is -0.0857. The summed E-state index contributed by atoms with van der Waals surface area (Å²) in [7, 11) is 1.60. The predicted octanol–water partition coefficient (Wildman–Crippen LogP) is 4.49. The summed E-state index contributed by atoms with van der Waals surface area (Å²) in [5, 5.41) is 4.40. The van der Waals surface area contributed by atoms with Gasteiger partial charge in [-0.1, -0.05) is 41.4 Å². The lowest BCUT2D eigenvalue weighted by atomic mass is 9.87. The highest BCUT2D eigenvalue weighted by molar-refractivity contribution is 6.42. The van der Waals surface area contributed by atoms with Gasteiger partial charge in [-0.05, 0) is 55.6 Å². The molecule has 1 N–H and O–H groups in total. The van der Waals surface area contributed by atoms with Crippen molar-refractivity contribution in [1.29, 1.82) is 0 Å². The van der Waals surface area contributed by atoms with Gasteiger partial charge in [-0.25, -0.2) is 0 Å². The Labute approximate surface area is 182 Å². The molecule has 0 radical (unpaired) electrons. The number of nitrogens with zero attached hydrogens (tertiary/aromatic N) is 2. The number of halogens is 2. The number of rotatable bonds is 8. The number of pyridine rings is 1. The first-order chi connectivity index (χ1) is 14.1. The molecule has 1 aliphatic rings. The molecule has 1 atom stereocenters. The van der Waals surface area contributed by atoms with Gasteiger partial charge in [0.1, 0.15) is 0 Å². The lowest BCUT2D eigenvalue weighted by Gasteiger charge is -2.36. The highest BCUT2D eigenvalue weighted by Crippen LogP contribution is 2.32. The molecule has 1 aromatic heterocycles. The maximum atomic E-state index is 12.3. The van der Waals surface area contributed by atoms with Crippen molar-refractivity contribution in [3.63, 3.8) is 0 Å². The standard InChI is InChI=1S/C22H27Cl2N3O2/c1-29-14-10-20(28)26-22(19-7-2-3-11-25-19)16-8-12-27(13-9-16)15-17-5-4-6-18(23)21(17)24/h2-7,11,16,22H,8-10,12-15H2,1H3,(H,26,28)/t22-/m0/s1. The number of piperidine rings is 1. The third kappa shape index (κ3) is 6.16. The van der Waals surface area contributed by atoms with Crippen LogP contribution in [0.1, 0.15) is 36.6 Å². The smallest absolute Gasteiger partial charge is 0.222 e. The third-order valence-corrected chi connectivity index (χ3v) is 6.24. The average Bonchev–Trinajstić information content (AvgIpc) is 2.75. The maximum absolute atomic E-state index is 12.3. The van der Waals surface area contributed by atoms with Crippen molar-refractivity contribution >= 4 is 29.1 Å². The van der Waals surface area contributed by atoms with E-state index in [-0.39, 0.29) is 11.9 Å². The first kappa shape index (κ1) is 22.0. The number of ether oxygens (including phenoxy) is 1. The number of nitrogens with one attached hydrogen (secondary N) is 1. The molecule has 156 valence electrons. The second-order valence-corrected chi connectivity index (χ2v) is 8.15. The Morgan fingerprint density at radius 3 is 2.72 bits per heavy atom. The van der Waals surface area contributed by atoms with Crippen LogP contribution in [0, 0.1) is 5.92 Å². The van der Waals surface area contributed by atoms with Crippen molar-refractivity contribution < 1.29 is 9.53 Å². The average molecular weight is 436 g/mol. The van der Waals surface area contributed by atoms with Crippen LogP contribution in [0.2, 0.25) is 10.0 Å². The Balaban J connectivity index is 1.63. The van der Waals surface area contributed by atoms with Gasteiger partial charge in [0.2, 0.25) is 5.91 Å². The fourth-order valence-electron chi connectivity index (χ4n) is 3.79. The summed E-state index contributed by atoms with van der Waals surface area (Å²) in [6.07, 6.45) is 4.08. The molecule has 2 aromatic rings. The van der Waals surface area contributed by atoms with Crippen LogP contribution in [0.5, 0.6) is 0 Å². The lowest BCUT2D eigenvalue weighted by molar-refractivity contribution is -0.123. The van der Waals surface area contributed by atoms with Crippen molar-refractivity contribution in [2.75, 3.05) is 26.8 Å². The van der Waals surface area contributed by atoms with Gasteiger partial charge in [0.15, 0.2) is 0 Å². The summed E-state index contributed by atoms with van der Waals surface area (Å²) in [6.45, 7) is 3.07. The van der Waals surface area contributed by atoms with Crippen LogP contribution in [-0.4, -0.2) is 42.6 Å². The van der Waals surface area contributed by atoms with Crippen LogP contribution in [-0.2, 0) is 16.1 Å². The third-order valence-electron chi connectivity index (χ3n) is 5.39. The van der Waals surface area contributed by atoms with Crippen molar-refractivity contribution in [2.24, 2.45) is 5.92 Å². The van der Waals surface area contributed by atoms with Crippen LogP contribution in [0.25, 0.3) is 0 Å². The van der Waals surface area contributed by atoms with Crippen LogP contribution in [0.15, 0.2) is 42.6 Å². The van der Waals surface area contributed by atoms with E-state index in [1.165, 1.54) is 0 Å². The summed E-state index contributed by atoms with van der Waals surface area (Å²) in [6, 6.07) is 11.5. The number of benzene rings is 1. The molecule has 1 aliphatic heterocycles. The SMILES string of the molecule is COCCC(=O)N[C@H](c1ccccn1)C1CCN(Cc2cccc(Cl)c2Cl)CC1. The molecule has 1 aromatic carbocycles. The molecule has 29 heavy (non-hydrogen) atoms. The Morgan fingerprint density at radius 1 is 1.24 bits per heavy atom. The summed E-state index contributed by atoms with van der Waals surface area (Å²) in [5.74, 6) is 0.332. The van der Waals surface area contributed by atoms with Crippen LogP contribution in [0.4, 0.5) is 0 Å². The number of hydrogen-bond acceptors (Lipinski definition) is 4. The lowest BCUT2D eigenvalue weighted by Crippen LogP contribution is -2.41. The highest BCUT2D eigenvalue weighted by atomic mass is 35.5. The molecule has 2 heterocycles. The molecular weight excluding hydrogens is 409 g/mol. The number of likely N-dealkylation sites (tertiary alicyclic amines) is 1. The minimum Gasteiger partial charge on any atom is -0.384 e. The molecule has 0 bridgehead atoms. The van der Waals surface area contributed by atoms with Crippen molar-refractivity contribution in [2.45, 2.75) is 31.8 Å². The summed E-state index contributed by atoms with van der Waals surface area (Å²) < 4.78 is 5.03. The van der Waals surface area contributed by atoms with E-state index in [2.05, 4.69) is 15.2 Å². The van der Waals surface area contributed by atoms with E-state index in [1.807, 2.05) is 36.4 Å².